The lowest BCUT2D eigenvalue weighted by molar-refractivity contribution is -0.0516. The fraction of sp³-hybridized carbons (Fsp3) is 0.545. The number of aliphatic hydroxyl groups excluding tert-OH is 1. The maximum absolute atomic E-state index is 12.4. The zero-order chi connectivity index (χ0) is 14.0. The summed E-state index contributed by atoms with van der Waals surface area (Å²) in [5.74, 6) is 0. The molecule has 2 atom stereocenters. The number of pyridine rings is 1. The van der Waals surface area contributed by atoms with Gasteiger partial charge in [0, 0.05) is 31.0 Å². The minimum Gasteiger partial charge on any atom is -0.394 e. The van der Waals surface area contributed by atoms with Crippen LogP contribution in [0.2, 0.25) is 0 Å². The zero-order valence-corrected chi connectivity index (χ0v) is 11.3. The van der Waals surface area contributed by atoms with E-state index in [9.17, 15) is 13.2 Å². The van der Waals surface area contributed by atoms with Gasteiger partial charge in [-0.25, -0.2) is 8.42 Å². The first kappa shape index (κ1) is 14.2. The van der Waals surface area contributed by atoms with Crippen LogP contribution in [0.3, 0.4) is 0 Å². The maximum Gasteiger partial charge on any atom is 0.248 e. The van der Waals surface area contributed by atoms with Crippen LogP contribution < -0.4 is 5.43 Å². The Balaban J connectivity index is 2.38. The third-order valence-electron chi connectivity index (χ3n) is 3.03. The molecule has 8 heteroatoms. The summed E-state index contributed by atoms with van der Waals surface area (Å²) in [6.07, 6.45) is 1.99. The number of aliphatic hydroxyl groups is 1. The van der Waals surface area contributed by atoms with Crippen LogP contribution in [0.5, 0.6) is 0 Å². The largest absolute Gasteiger partial charge is 0.394 e. The number of H-pyrrole nitrogens is 1. The van der Waals surface area contributed by atoms with E-state index >= 15 is 0 Å². The number of hydrogen-bond acceptors (Lipinski definition) is 5. The van der Waals surface area contributed by atoms with Gasteiger partial charge in [0.1, 0.15) is 4.90 Å². The third-order valence-corrected chi connectivity index (χ3v) is 5.03. The van der Waals surface area contributed by atoms with E-state index in [1.54, 1.807) is 6.92 Å². The lowest BCUT2D eigenvalue weighted by atomic mass is 10.2. The van der Waals surface area contributed by atoms with Crippen molar-refractivity contribution in [2.24, 2.45) is 0 Å². The van der Waals surface area contributed by atoms with E-state index < -0.39 is 21.6 Å². The normalized spacial score (nSPS) is 25.4. The zero-order valence-electron chi connectivity index (χ0n) is 10.4. The standard InChI is InChI=1S/C11H16N2O5S/c1-8-7-18-9(6-14)5-13(8)19(16,17)11-4-12-3-2-10(11)15/h2-4,8-9,14H,5-7H2,1H3,(H,12,15). The van der Waals surface area contributed by atoms with Gasteiger partial charge in [-0.05, 0) is 6.92 Å². The van der Waals surface area contributed by atoms with E-state index in [0.29, 0.717) is 0 Å². The molecular formula is C11H16N2O5S. The van der Waals surface area contributed by atoms with Gasteiger partial charge in [0.05, 0.1) is 19.3 Å². The molecule has 0 spiro atoms. The predicted molar refractivity (Wildman–Crippen MR) is 67.2 cm³/mol. The number of aromatic amines is 1. The summed E-state index contributed by atoms with van der Waals surface area (Å²) in [7, 11) is -3.89. The molecule has 1 aliphatic heterocycles. The molecular weight excluding hydrogens is 272 g/mol. The Morgan fingerprint density at radius 2 is 2.32 bits per heavy atom. The summed E-state index contributed by atoms with van der Waals surface area (Å²) in [5.41, 5.74) is -0.557. The van der Waals surface area contributed by atoms with Gasteiger partial charge in [0.2, 0.25) is 15.5 Å². The fourth-order valence-electron chi connectivity index (χ4n) is 1.97. The van der Waals surface area contributed by atoms with Crippen LogP contribution in [0.25, 0.3) is 0 Å². The topological polar surface area (TPSA) is 99.7 Å². The van der Waals surface area contributed by atoms with Gasteiger partial charge < -0.3 is 14.8 Å². The molecule has 1 fully saturated rings. The number of rotatable bonds is 3. The van der Waals surface area contributed by atoms with Crippen LogP contribution in [-0.4, -0.2) is 54.7 Å². The van der Waals surface area contributed by atoms with Crippen molar-refractivity contribution in [2.45, 2.75) is 24.0 Å². The number of nitrogens with zero attached hydrogens (tertiary/aromatic N) is 1. The monoisotopic (exact) mass is 288 g/mol. The number of morpholine rings is 1. The molecule has 0 saturated carbocycles. The number of ether oxygens (including phenoxy) is 1. The lowest BCUT2D eigenvalue weighted by Crippen LogP contribution is -2.52. The smallest absolute Gasteiger partial charge is 0.248 e. The van der Waals surface area contributed by atoms with E-state index in [0.717, 1.165) is 0 Å². The Hall–Kier alpha value is -1.22. The molecule has 1 saturated heterocycles. The van der Waals surface area contributed by atoms with Crippen LogP contribution in [0.1, 0.15) is 6.92 Å². The van der Waals surface area contributed by atoms with Gasteiger partial charge in [-0.15, -0.1) is 0 Å². The van der Waals surface area contributed by atoms with Crippen LogP contribution in [-0.2, 0) is 14.8 Å². The van der Waals surface area contributed by atoms with Crippen LogP contribution in [0.4, 0.5) is 0 Å². The van der Waals surface area contributed by atoms with E-state index in [4.69, 9.17) is 9.84 Å². The van der Waals surface area contributed by atoms with Crippen molar-refractivity contribution in [1.82, 2.24) is 9.29 Å². The Labute approximate surface area is 110 Å². The number of hydrogen-bond donors (Lipinski definition) is 2. The van der Waals surface area contributed by atoms with Gasteiger partial charge in [0.25, 0.3) is 0 Å². The van der Waals surface area contributed by atoms with Crippen molar-refractivity contribution in [1.29, 1.82) is 0 Å². The van der Waals surface area contributed by atoms with Crippen molar-refractivity contribution in [3.63, 3.8) is 0 Å². The molecule has 106 valence electrons. The molecule has 1 aliphatic rings. The number of aromatic nitrogens is 1. The van der Waals surface area contributed by atoms with E-state index in [-0.39, 0.29) is 30.7 Å². The average molecular weight is 288 g/mol. The quantitative estimate of drug-likeness (QED) is 0.754. The third kappa shape index (κ3) is 2.71. The Morgan fingerprint density at radius 1 is 1.58 bits per heavy atom. The van der Waals surface area contributed by atoms with Crippen LogP contribution in [0, 0.1) is 0 Å². The van der Waals surface area contributed by atoms with Gasteiger partial charge >= 0.3 is 0 Å². The number of sulfonamides is 1. The van der Waals surface area contributed by atoms with E-state index in [1.165, 1.54) is 22.8 Å². The molecule has 7 nitrogen and oxygen atoms in total. The first-order valence-corrected chi connectivity index (χ1v) is 7.32. The molecule has 0 amide bonds. The van der Waals surface area contributed by atoms with E-state index in [2.05, 4.69) is 4.98 Å². The molecule has 1 aromatic heterocycles. The summed E-state index contributed by atoms with van der Waals surface area (Å²) in [5, 5.41) is 9.07. The second-order valence-electron chi connectivity index (χ2n) is 4.43. The minimum atomic E-state index is -3.89. The van der Waals surface area contributed by atoms with Crippen molar-refractivity contribution >= 4 is 10.0 Å². The van der Waals surface area contributed by atoms with Crippen molar-refractivity contribution in [3.8, 4) is 0 Å². The summed E-state index contributed by atoms with van der Waals surface area (Å²) < 4.78 is 31.4. The highest BCUT2D eigenvalue weighted by atomic mass is 32.2. The van der Waals surface area contributed by atoms with Crippen molar-refractivity contribution < 1.29 is 18.3 Å². The highest BCUT2D eigenvalue weighted by Gasteiger charge is 2.36. The first-order chi connectivity index (χ1) is 8.96. The fourth-order valence-corrected chi connectivity index (χ4v) is 3.66. The van der Waals surface area contributed by atoms with Gasteiger partial charge in [0.15, 0.2) is 0 Å². The Kier molecular flexibility index (Phi) is 4.04. The molecule has 2 unspecified atom stereocenters. The molecule has 0 aromatic carbocycles. The lowest BCUT2D eigenvalue weighted by Gasteiger charge is -2.36. The molecule has 1 aromatic rings. The van der Waals surface area contributed by atoms with Crippen LogP contribution >= 0.6 is 0 Å². The molecule has 0 bridgehead atoms. The minimum absolute atomic E-state index is 0.0360. The summed E-state index contributed by atoms with van der Waals surface area (Å²) >= 11 is 0. The summed E-state index contributed by atoms with van der Waals surface area (Å²) in [4.78, 5) is 14.0. The van der Waals surface area contributed by atoms with Crippen molar-refractivity contribution in [3.05, 3.63) is 28.7 Å². The molecule has 2 N–H and O–H groups in total. The highest BCUT2D eigenvalue weighted by molar-refractivity contribution is 7.89. The summed E-state index contributed by atoms with van der Waals surface area (Å²) in [6.45, 7) is 1.66. The second-order valence-corrected chi connectivity index (χ2v) is 6.29. The SMILES string of the molecule is CC1COC(CO)CN1S(=O)(=O)c1c[nH]ccc1=O. The van der Waals surface area contributed by atoms with Crippen molar-refractivity contribution in [2.75, 3.05) is 19.8 Å². The predicted octanol–water partition coefficient (Wildman–Crippen LogP) is -0.855. The molecule has 0 aliphatic carbocycles. The molecule has 0 radical (unpaired) electrons. The number of nitrogens with one attached hydrogen (secondary N) is 1. The highest BCUT2D eigenvalue weighted by Crippen LogP contribution is 2.20. The Bertz CT molecular complexity index is 597. The van der Waals surface area contributed by atoms with E-state index in [1.807, 2.05) is 0 Å². The first-order valence-electron chi connectivity index (χ1n) is 5.88. The van der Waals surface area contributed by atoms with Crippen LogP contribution in [0.15, 0.2) is 28.2 Å². The van der Waals surface area contributed by atoms with Gasteiger partial charge in [-0.3, -0.25) is 4.79 Å². The molecule has 2 heterocycles. The maximum atomic E-state index is 12.4. The average Bonchev–Trinajstić information content (AvgIpc) is 2.39. The molecule has 19 heavy (non-hydrogen) atoms. The second kappa shape index (κ2) is 5.41. The molecule has 2 rings (SSSR count). The Morgan fingerprint density at radius 3 is 2.95 bits per heavy atom. The van der Waals surface area contributed by atoms with Gasteiger partial charge in [-0.1, -0.05) is 0 Å². The van der Waals surface area contributed by atoms with Gasteiger partial charge in [-0.2, -0.15) is 4.31 Å². The summed E-state index contributed by atoms with van der Waals surface area (Å²) in [6, 6.07) is 0.786.